The second-order valence-corrected chi connectivity index (χ2v) is 4.48. The largest absolute Gasteiger partial charge is 0.379 e. The second kappa shape index (κ2) is 7.16. The third-order valence-corrected chi connectivity index (χ3v) is 3.19. The average Bonchev–Trinajstić information content (AvgIpc) is 2.48. The number of nitrogens with zero attached hydrogens (tertiary/aromatic N) is 2. The Labute approximate surface area is 117 Å². The van der Waals surface area contributed by atoms with Crippen molar-refractivity contribution in [2.24, 2.45) is 0 Å². The van der Waals surface area contributed by atoms with Crippen molar-refractivity contribution in [1.82, 2.24) is 15.2 Å². The Hall–Kier alpha value is -1.73. The second-order valence-electron chi connectivity index (χ2n) is 4.48. The Morgan fingerprint density at radius 1 is 1.50 bits per heavy atom. The van der Waals surface area contributed by atoms with Crippen molar-refractivity contribution in [2.75, 3.05) is 51.8 Å². The third kappa shape index (κ3) is 3.64. The van der Waals surface area contributed by atoms with Crippen molar-refractivity contribution in [3.63, 3.8) is 0 Å². The number of hydrogen-bond acceptors (Lipinski definition) is 5. The first kappa shape index (κ1) is 14.7. The standard InChI is InChI=1S/C13H19FN4O2/c1-15-12-11(14)10(2-3-16-12)13(19)17-4-5-18-6-8-20-9-7-18/h2-3H,4-9H2,1H3,(H,15,16)(H,17,19). The molecule has 0 saturated carbocycles. The van der Waals surface area contributed by atoms with E-state index in [0.717, 1.165) is 32.8 Å². The summed E-state index contributed by atoms with van der Waals surface area (Å²) in [4.78, 5) is 17.9. The van der Waals surface area contributed by atoms with E-state index in [1.54, 1.807) is 7.05 Å². The first-order valence-electron chi connectivity index (χ1n) is 6.63. The Morgan fingerprint density at radius 3 is 2.95 bits per heavy atom. The van der Waals surface area contributed by atoms with Crippen LogP contribution in [0.1, 0.15) is 10.4 Å². The molecule has 2 rings (SSSR count). The number of aromatic nitrogens is 1. The number of pyridine rings is 1. The van der Waals surface area contributed by atoms with Crippen LogP contribution in [0, 0.1) is 5.82 Å². The summed E-state index contributed by atoms with van der Waals surface area (Å²) in [6.07, 6.45) is 1.41. The summed E-state index contributed by atoms with van der Waals surface area (Å²) in [6, 6.07) is 1.38. The van der Waals surface area contributed by atoms with Gasteiger partial charge in [-0.2, -0.15) is 0 Å². The minimum absolute atomic E-state index is 0.00586. The van der Waals surface area contributed by atoms with Gasteiger partial charge in [0, 0.05) is 39.4 Å². The summed E-state index contributed by atoms with van der Waals surface area (Å²) in [5.41, 5.74) is 0.00586. The van der Waals surface area contributed by atoms with Gasteiger partial charge in [-0.3, -0.25) is 9.69 Å². The van der Waals surface area contributed by atoms with Gasteiger partial charge in [-0.1, -0.05) is 0 Å². The fourth-order valence-corrected chi connectivity index (χ4v) is 2.04. The molecule has 0 bridgehead atoms. The van der Waals surface area contributed by atoms with E-state index in [-0.39, 0.29) is 11.4 Å². The Bertz CT molecular complexity index is 464. The lowest BCUT2D eigenvalue weighted by atomic mass is 10.2. The summed E-state index contributed by atoms with van der Waals surface area (Å²) in [6.45, 7) is 4.39. The highest BCUT2D eigenvalue weighted by molar-refractivity contribution is 5.95. The van der Waals surface area contributed by atoms with Crippen LogP contribution in [0.25, 0.3) is 0 Å². The Balaban J connectivity index is 1.85. The van der Waals surface area contributed by atoms with Crippen LogP contribution < -0.4 is 10.6 Å². The summed E-state index contributed by atoms with van der Waals surface area (Å²) in [5, 5.41) is 5.33. The minimum Gasteiger partial charge on any atom is -0.379 e. The molecule has 1 aromatic rings. The van der Waals surface area contributed by atoms with Crippen LogP contribution in [-0.2, 0) is 4.74 Å². The van der Waals surface area contributed by atoms with E-state index < -0.39 is 11.7 Å². The molecule has 6 nitrogen and oxygen atoms in total. The number of carbonyl (C=O) groups is 1. The lowest BCUT2D eigenvalue weighted by molar-refractivity contribution is 0.0383. The lowest BCUT2D eigenvalue weighted by Gasteiger charge is -2.26. The van der Waals surface area contributed by atoms with E-state index >= 15 is 0 Å². The maximum absolute atomic E-state index is 13.9. The van der Waals surface area contributed by atoms with Gasteiger partial charge in [0.1, 0.15) is 0 Å². The molecule has 20 heavy (non-hydrogen) atoms. The summed E-state index contributed by atoms with van der Waals surface area (Å²) in [5.74, 6) is -0.973. The highest BCUT2D eigenvalue weighted by atomic mass is 19.1. The Kier molecular flexibility index (Phi) is 5.25. The first-order chi connectivity index (χ1) is 9.72. The van der Waals surface area contributed by atoms with E-state index in [0.29, 0.717) is 6.54 Å². The van der Waals surface area contributed by atoms with Crippen LogP contribution in [0.5, 0.6) is 0 Å². The molecule has 0 aromatic carbocycles. The zero-order valence-electron chi connectivity index (χ0n) is 11.5. The van der Waals surface area contributed by atoms with Crippen LogP contribution >= 0.6 is 0 Å². The van der Waals surface area contributed by atoms with Gasteiger partial charge in [0.25, 0.3) is 5.91 Å². The topological polar surface area (TPSA) is 66.5 Å². The number of amides is 1. The van der Waals surface area contributed by atoms with Crippen molar-refractivity contribution in [3.8, 4) is 0 Å². The van der Waals surface area contributed by atoms with E-state index in [1.807, 2.05) is 0 Å². The number of nitrogens with one attached hydrogen (secondary N) is 2. The number of carbonyl (C=O) groups excluding carboxylic acids is 1. The van der Waals surface area contributed by atoms with E-state index in [4.69, 9.17) is 4.74 Å². The smallest absolute Gasteiger partial charge is 0.254 e. The highest BCUT2D eigenvalue weighted by Gasteiger charge is 2.16. The van der Waals surface area contributed by atoms with Crippen LogP contribution in [0.15, 0.2) is 12.3 Å². The molecule has 0 spiro atoms. The normalized spacial score (nSPS) is 15.9. The third-order valence-electron chi connectivity index (χ3n) is 3.19. The number of rotatable bonds is 5. The Morgan fingerprint density at radius 2 is 2.25 bits per heavy atom. The summed E-state index contributed by atoms with van der Waals surface area (Å²) < 4.78 is 19.1. The van der Waals surface area contributed by atoms with Crippen molar-refractivity contribution < 1.29 is 13.9 Å². The fraction of sp³-hybridized carbons (Fsp3) is 0.538. The molecule has 1 aliphatic rings. The van der Waals surface area contributed by atoms with Crippen LogP contribution in [0.2, 0.25) is 0 Å². The van der Waals surface area contributed by atoms with Crippen LogP contribution in [0.3, 0.4) is 0 Å². The number of ether oxygens (including phenoxy) is 1. The first-order valence-corrected chi connectivity index (χ1v) is 6.63. The molecule has 1 aliphatic heterocycles. The number of hydrogen-bond donors (Lipinski definition) is 2. The van der Waals surface area contributed by atoms with Crippen molar-refractivity contribution in [3.05, 3.63) is 23.6 Å². The predicted molar refractivity (Wildman–Crippen MR) is 73.3 cm³/mol. The van der Waals surface area contributed by atoms with Gasteiger partial charge in [0.15, 0.2) is 11.6 Å². The van der Waals surface area contributed by atoms with E-state index in [1.165, 1.54) is 12.3 Å². The molecule has 1 fully saturated rings. The summed E-state index contributed by atoms with van der Waals surface area (Å²) in [7, 11) is 1.56. The molecule has 1 amide bonds. The van der Waals surface area contributed by atoms with Gasteiger partial charge >= 0.3 is 0 Å². The molecule has 2 N–H and O–H groups in total. The van der Waals surface area contributed by atoms with Gasteiger partial charge in [-0.15, -0.1) is 0 Å². The maximum atomic E-state index is 13.9. The minimum atomic E-state index is -0.626. The van der Waals surface area contributed by atoms with E-state index in [9.17, 15) is 9.18 Å². The van der Waals surface area contributed by atoms with Crippen LogP contribution in [-0.4, -0.2) is 62.2 Å². The number of anilines is 1. The van der Waals surface area contributed by atoms with E-state index in [2.05, 4.69) is 20.5 Å². The predicted octanol–water partition coefficient (Wildman–Crippen LogP) is 0.324. The van der Waals surface area contributed by atoms with Gasteiger partial charge in [0.2, 0.25) is 0 Å². The van der Waals surface area contributed by atoms with Crippen molar-refractivity contribution in [2.45, 2.75) is 0 Å². The maximum Gasteiger partial charge on any atom is 0.254 e. The molecular formula is C13H19FN4O2. The summed E-state index contributed by atoms with van der Waals surface area (Å²) >= 11 is 0. The SMILES string of the molecule is CNc1nccc(C(=O)NCCN2CCOCC2)c1F. The van der Waals surface area contributed by atoms with Crippen LogP contribution in [0.4, 0.5) is 10.2 Å². The molecule has 1 aromatic heterocycles. The molecule has 2 heterocycles. The quantitative estimate of drug-likeness (QED) is 0.814. The molecule has 0 radical (unpaired) electrons. The average molecular weight is 282 g/mol. The molecule has 7 heteroatoms. The van der Waals surface area contributed by atoms with Gasteiger partial charge in [-0.25, -0.2) is 9.37 Å². The van der Waals surface area contributed by atoms with Crippen molar-refractivity contribution in [1.29, 1.82) is 0 Å². The molecule has 0 atom stereocenters. The number of halogens is 1. The molecular weight excluding hydrogens is 263 g/mol. The molecule has 1 saturated heterocycles. The van der Waals surface area contributed by atoms with Gasteiger partial charge < -0.3 is 15.4 Å². The van der Waals surface area contributed by atoms with Gasteiger partial charge in [-0.05, 0) is 6.07 Å². The molecule has 0 aliphatic carbocycles. The number of morpholine rings is 1. The lowest BCUT2D eigenvalue weighted by Crippen LogP contribution is -2.41. The van der Waals surface area contributed by atoms with Crippen molar-refractivity contribution >= 4 is 11.7 Å². The monoisotopic (exact) mass is 282 g/mol. The fourth-order valence-electron chi connectivity index (χ4n) is 2.04. The van der Waals surface area contributed by atoms with Gasteiger partial charge in [0.05, 0.1) is 18.8 Å². The zero-order valence-corrected chi connectivity index (χ0v) is 11.5. The zero-order chi connectivity index (χ0) is 14.4. The molecule has 110 valence electrons. The highest BCUT2D eigenvalue weighted by Crippen LogP contribution is 2.13. The molecule has 0 unspecified atom stereocenters.